The van der Waals surface area contributed by atoms with Crippen LogP contribution in [0, 0.1) is 12.8 Å². The van der Waals surface area contributed by atoms with Crippen molar-refractivity contribution in [3.63, 3.8) is 0 Å². The minimum atomic E-state index is -0.883. The van der Waals surface area contributed by atoms with Crippen molar-refractivity contribution in [1.82, 2.24) is 5.32 Å². The standard InChI is InChI=1S/C18H25NO4/c1-12-7-6-10-15(16(12)20)18(22)23-13(2)17(21)19-11-14-8-4-3-5-9-14/h6-7,10,13-14,20H,3-5,8-9,11H2,1-2H3,(H,19,21)/t13-/m1/s1. The lowest BCUT2D eigenvalue weighted by Gasteiger charge is -2.22. The molecule has 1 atom stereocenters. The Labute approximate surface area is 137 Å². The maximum absolute atomic E-state index is 12.1. The van der Waals surface area contributed by atoms with Crippen LogP contribution in [0.15, 0.2) is 18.2 Å². The number of esters is 1. The summed E-state index contributed by atoms with van der Waals surface area (Å²) in [4.78, 5) is 24.1. The van der Waals surface area contributed by atoms with E-state index in [1.165, 1.54) is 25.3 Å². The van der Waals surface area contributed by atoms with Gasteiger partial charge in [0.25, 0.3) is 5.91 Å². The van der Waals surface area contributed by atoms with Crippen LogP contribution in [0.1, 0.15) is 54.9 Å². The van der Waals surface area contributed by atoms with E-state index in [2.05, 4.69) is 5.32 Å². The second kappa shape index (κ2) is 7.99. The number of aromatic hydroxyl groups is 1. The molecule has 1 amide bonds. The zero-order chi connectivity index (χ0) is 16.8. The molecule has 0 aromatic heterocycles. The van der Waals surface area contributed by atoms with Crippen molar-refractivity contribution >= 4 is 11.9 Å². The highest BCUT2D eigenvalue weighted by Gasteiger charge is 2.22. The quantitative estimate of drug-likeness (QED) is 0.818. The number of carbonyl (C=O) groups is 2. The van der Waals surface area contributed by atoms with Gasteiger partial charge in [-0.2, -0.15) is 0 Å². The van der Waals surface area contributed by atoms with Crippen LogP contribution in [0.25, 0.3) is 0 Å². The molecule has 1 aromatic rings. The number of ether oxygens (including phenoxy) is 1. The molecule has 0 heterocycles. The largest absolute Gasteiger partial charge is 0.507 e. The molecule has 0 spiro atoms. The number of rotatable bonds is 5. The second-order valence-electron chi connectivity index (χ2n) is 6.27. The maximum atomic E-state index is 12.1. The van der Waals surface area contributed by atoms with Crippen molar-refractivity contribution in [3.05, 3.63) is 29.3 Å². The molecule has 126 valence electrons. The fraction of sp³-hybridized carbons (Fsp3) is 0.556. The van der Waals surface area contributed by atoms with Crippen LogP contribution in [0.5, 0.6) is 5.75 Å². The van der Waals surface area contributed by atoms with Gasteiger partial charge in [-0.05, 0) is 44.2 Å². The molecule has 1 aromatic carbocycles. The van der Waals surface area contributed by atoms with Crippen molar-refractivity contribution in [3.8, 4) is 5.75 Å². The summed E-state index contributed by atoms with van der Waals surface area (Å²) in [7, 11) is 0. The van der Waals surface area contributed by atoms with Crippen molar-refractivity contribution in [1.29, 1.82) is 0 Å². The highest BCUT2D eigenvalue weighted by Crippen LogP contribution is 2.23. The minimum Gasteiger partial charge on any atom is -0.507 e. The van der Waals surface area contributed by atoms with Gasteiger partial charge in [0.1, 0.15) is 11.3 Å². The van der Waals surface area contributed by atoms with Crippen LogP contribution in [-0.2, 0) is 9.53 Å². The number of benzene rings is 1. The molecular formula is C18H25NO4. The van der Waals surface area contributed by atoms with Crippen LogP contribution in [0.3, 0.4) is 0 Å². The molecule has 0 aliphatic heterocycles. The molecule has 1 aliphatic rings. The van der Waals surface area contributed by atoms with Gasteiger partial charge in [0.2, 0.25) is 0 Å². The van der Waals surface area contributed by atoms with Gasteiger partial charge in [-0.25, -0.2) is 4.79 Å². The molecule has 23 heavy (non-hydrogen) atoms. The van der Waals surface area contributed by atoms with E-state index in [-0.39, 0.29) is 17.2 Å². The van der Waals surface area contributed by atoms with Gasteiger partial charge in [-0.1, -0.05) is 31.4 Å². The van der Waals surface area contributed by atoms with Gasteiger partial charge in [-0.3, -0.25) is 4.79 Å². The van der Waals surface area contributed by atoms with E-state index in [1.807, 2.05) is 0 Å². The summed E-state index contributed by atoms with van der Waals surface area (Å²) in [6.07, 6.45) is 5.12. The first-order valence-electron chi connectivity index (χ1n) is 8.26. The first kappa shape index (κ1) is 17.3. The summed E-state index contributed by atoms with van der Waals surface area (Å²) in [5.74, 6) is -0.564. The second-order valence-corrected chi connectivity index (χ2v) is 6.27. The van der Waals surface area contributed by atoms with Gasteiger partial charge in [0.05, 0.1) is 0 Å². The average molecular weight is 319 g/mol. The van der Waals surface area contributed by atoms with E-state index in [4.69, 9.17) is 4.74 Å². The smallest absolute Gasteiger partial charge is 0.342 e. The Morgan fingerprint density at radius 2 is 2.00 bits per heavy atom. The third kappa shape index (κ3) is 4.71. The monoisotopic (exact) mass is 319 g/mol. The molecule has 0 radical (unpaired) electrons. The lowest BCUT2D eigenvalue weighted by atomic mass is 9.89. The number of hydrogen-bond acceptors (Lipinski definition) is 4. The van der Waals surface area contributed by atoms with Crippen LogP contribution in [-0.4, -0.2) is 29.6 Å². The van der Waals surface area contributed by atoms with Gasteiger partial charge in [-0.15, -0.1) is 0 Å². The van der Waals surface area contributed by atoms with E-state index in [9.17, 15) is 14.7 Å². The predicted molar refractivity (Wildman–Crippen MR) is 87.3 cm³/mol. The van der Waals surface area contributed by atoms with E-state index in [1.54, 1.807) is 26.0 Å². The first-order valence-corrected chi connectivity index (χ1v) is 8.26. The highest BCUT2D eigenvalue weighted by molar-refractivity contribution is 5.94. The summed E-state index contributed by atoms with van der Waals surface area (Å²) >= 11 is 0. The van der Waals surface area contributed by atoms with Crippen LogP contribution in [0.4, 0.5) is 0 Å². The van der Waals surface area contributed by atoms with Gasteiger partial charge in [0, 0.05) is 6.54 Å². The molecule has 5 heteroatoms. The van der Waals surface area contributed by atoms with Crippen LogP contribution < -0.4 is 5.32 Å². The van der Waals surface area contributed by atoms with E-state index in [0.29, 0.717) is 18.0 Å². The summed E-state index contributed by atoms with van der Waals surface area (Å²) < 4.78 is 5.16. The fourth-order valence-corrected chi connectivity index (χ4v) is 2.88. The number of phenols is 1. The van der Waals surface area contributed by atoms with Gasteiger partial charge < -0.3 is 15.2 Å². The molecule has 0 unspecified atom stereocenters. The Bertz CT molecular complexity index is 564. The summed E-state index contributed by atoms with van der Waals surface area (Å²) in [5.41, 5.74) is 0.672. The lowest BCUT2D eigenvalue weighted by Crippen LogP contribution is -2.38. The Kier molecular flexibility index (Phi) is 6.02. The number of aryl methyl sites for hydroxylation is 1. The summed E-state index contributed by atoms with van der Waals surface area (Å²) in [6, 6.07) is 4.85. The Morgan fingerprint density at radius 1 is 1.30 bits per heavy atom. The number of carbonyl (C=O) groups excluding carboxylic acids is 2. The van der Waals surface area contributed by atoms with Crippen molar-refractivity contribution in [2.75, 3.05) is 6.54 Å². The van der Waals surface area contributed by atoms with Gasteiger partial charge >= 0.3 is 5.97 Å². The van der Waals surface area contributed by atoms with E-state index >= 15 is 0 Å². The van der Waals surface area contributed by atoms with E-state index < -0.39 is 12.1 Å². The van der Waals surface area contributed by atoms with Crippen molar-refractivity contribution < 1.29 is 19.4 Å². The lowest BCUT2D eigenvalue weighted by molar-refractivity contribution is -0.129. The molecule has 5 nitrogen and oxygen atoms in total. The number of para-hydroxylation sites is 1. The number of phenolic OH excluding ortho intramolecular Hbond substituents is 1. The van der Waals surface area contributed by atoms with Crippen LogP contribution in [0.2, 0.25) is 0 Å². The highest BCUT2D eigenvalue weighted by atomic mass is 16.5. The van der Waals surface area contributed by atoms with Crippen LogP contribution >= 0.6 is 0 Å². The first-order chi connectivity index (χ1) is 11.0. The molecule has 1 saturated carbocycles. The number of amides is 1. The zero-order valence-electron chi connectivity index (χ0n) is 13.8. The minimum absolute atomic E-state index is 0.0805. The molecule has 2 N–H and O–H groups in total. The Hall–Kier alpha value is -2.04. The molecular weight excluding hydrogens is 294 g/mol. The topological polar surface area (TPSA) is 75.6 Å². The SMILES string of the molecule is Cc1cccc(C(=O)O[C@H](C)C(=O)NCC2CCCCC2)c1O. The third-order valence-electron chi connectivity index (χ3n) is 4.40. The summed E-state index contributed by atoms with van der Waals surface area (Å²) in [5, 5.41) is 12.7. The maximum Gasteiger partial charge on any atom is 0.342 e. The summed E-state index contributed by atoms with van der Waals surface area (Å²) in [6.45, 7) is 3.88. The zero-order valence-corrected chi connectivity index (χ0v) is 13.8. The normalized spacial score (nSPS) is 16.6. The number of hydrogen-bond donors (Lipinski definition) is 2. The molecule has 2 rings (SSSR count). The molecule has 0 bridgehead atoms. The Morgan fingerprint density at radius 3 is 2.70 bits per heavy atom. The Balaban J connectivity index is 1.85. The van der Waals surface area contributed by atoms with Crippen molar-refractivity contribution in [2.24, 2.45) is 5.92 Å². The predicted octanol–water partition coefficient (Wildman–Crippen LogP) is 2.94. The third-order valence-corrected chi connectivity index (χ3v) is 4.40. The molecule has 1 fully saturated rings. The molecule has 0 saturated heterocycles. The molecule has 1 aliphatic carbocycles. The van der Waals surface area contributed by atoms with E-state index in [0.717, 1.165) is 12.8 Å². The fourth-order valence-electron chi connectivity index (χ4n) is 2.88. The average Bonchev–Trinajstić information content (AvgIpc) is 2.55. The van der Waals surface area contributed by atoms with Gasteiger partial charge in [0.15, 0.2) is 6.10 Å². The number of nitrogens with one attached hydrogen (secondary N) is 1. The van der Waals surface area contributed by atoms with Crippen molar-refractivity contribution in [2.45, 2.75) is 52.1 Å².